The van der Waals surface area contributed by atoms with Crippen molar-refractivity contribution in [1.29, 1.82) is 0 Å². The monoisotopic (exact) mass is 228 g/mol. The molecule has 1 heterocycles. The van der Waals surface area contributed by atoms with Crippen LogP contribution in [-0.2, 0) is 7.05 Å². The average molecular weight is 228 g/mol. The average Bonchev–Trinajstić information content (AvgIpc) is 2.57. The molecule has 90 valence electrons. The first-order valence-electron chi connectivity index (χ1n) is 4.99. The summed E-state index contributed by atoms with van der Waals surface area (Å²) < 4.78 is 1.52. The number of aromatic nitrogens is 2. The van der Waals surface area contributed by atoms with Crippen molar-refractivity contribution < 1.29 is 10.0 Å². The molecule has 0 aliphatic heterocycles. The molecule has 2 N–H and O–H groups in total. The van der Waals surface area contributed by atoms with Gasteiger partial charge in [0, 0.05) is 13.6 Å². The van der Waals surface area contributed by atoms with E-state index in [4.69, 9.17) is 0 Å². The summed E-state index contributed by atoms with van der Waals surface area (Å²) in [6, 6.07) is 0. The van der Waals surface area contributed by atoms with Crippen LogP contribution in [0.5, 0.6) is 0 Å². The second-order valence-electron chi connectivity index (χ2n) is 3.99. The molecule has 0 amide bonds. The van der Waals surface area contributed by atoms with Crippen LogP contribution in [-0.4, -0.2) is 31.7 Å². The molecule has 0 aliphatic rings. The molecule has 16 heavy (non-hydrogen) atoms. The number of imidazole rings is 1. The number of nitro groups is 1. The fraction of sp³-hybridized carbons (Fsp3) is 0.667. The Hall–Kier alpha value is -1.63. The number of nitrogens with zero attached hydrogens (tertiary/aromatic N) is 3. The largest absolute Gasteiger partial charge is 0.406 e. The molecule has 0 saturated carbocycles. The number of anilines is 1. The Balaban J connectivity index is 2.81. The molecule has 1 aromatic heterocycles. The predicted molar refractivity (Wildman–Crippen MR) is 59.3 cm³/mol. The van der Waals surface area contributed by atoms with E-state index in [1.54, 1.807) is 14.0 Å². The molecule has 7 nitrogen and oxygen atoms in total. The zero-order chi connectivity index (χ0) is 12.3. The summed E-state index contributed by atoms with van der Waals surface area (Å²) in [6.45, 7) is 3.76. The standard InChI is InChI=1S/C9H16N4O3/c1-4-9(2,14)5-10-7-8(13(15)16)11-6-12(7)3/h6,10,14H,4-5H2,1-3H3. The molecule has 0 bridgehead atoms. The van der Waals surface area contributed by atoms with E-state index in [2.05, 4.69) is 10.3 Å². The Bertz CT molecular complexity index is 386. The summed E-state index contributed by atoms with van der Waals surface area (Å²) in [5, 5.41) is 23.3. The third kappa shape index (κ3) is 2.69. The van der Waals surface area contributed by atoms with Crippen LogP contribution in [0.4, 0.5) is 11.6 Å². The molecule has 0 saturated heterocycles. The number of aryl methyl sites for hydroxylation is 1. The van der Waals surface area contributed by atoms with Crippen LogP contribution < -0.4 is 5.32 Å². The maximum Gasteiger partial charge on any atom is 0.406 e. The van der Waals surface area contributed by atoms with E-state index >= 15 is 0 Å². The molecule has 1 unspecified atom stereocenters. The first-order chi connectivity index (χ1) is 7.37. The molecule has 0 spiro atoms. The normalized spacial score (nSPS) is 14.5. The quantitative estimate of drug-likeness (QED) is 0.577. The van der Waals surface area contributed by atoms with Crippen LogP contribution >= 0.6 is 0 Å². The van der Waals surface area contributed by atoms with Crippen molar-refractivity contribution >= 4 is 11.6 Å². The zero-order valence-electron chi connectivity index (χ0n) is 9.60. The lowest BCUT2D eigenvalue weighted by Gasteiger charge is -2.21. The predicted octanol–water partition coefficient (Wildman–Crippen LogP) is 0.901. The molecule has 1 atom stereocenters. The van der Waals surface area contributed by atoms with Gasteiger partial charge in [0.05, 0.1) is 5.60 Å². The SMILES string of the molecule is CCC(C)(O)CNc1c([N+](=O)[O-])ncn1C. The van der Waals surface area contributed by atoms with Crippen molar-refractivity contribution in [2.24, 2.45) is 7.05 Å². The van der Waals surface area contributed by atoms with Gasteiger partial charge < -0.3 is 20.5 Å². The maximum atomic E-state index is 10.7. The second kappa shape index (κ2) is 4.48. The van der Waals surface area contributed by atoms with Gasteiger partial charge in [-0.1, -0.05) is 6.92 Å². The summed E-state index contributed by atoms with van der Waals surface area (Å²) >= 11 is 0. The van der Waals surface area contributed by atoms with Gasteiger partial charge in [-0.2, -0.15) is 0 Å². The van der Waals surface area contributed by atoms with Gasteiger partial charge in [-0.15, -0.1) is 0 Å². The fourth-order valence-corrected chi connectivity index (χ4v) is 1.15. The highest BCUT2D eigenvalue weighted by Gasteiger charge is 2.23. The lowest BCUT2D eigenvalue weighted by molar-refractivity contribution is -0.388. The third-order valence-corrected chi connectivity index (χ3v) is 2.49. The molecule has 0 aromatic carbocycles. The summed E-state index contributed by atoms with van der Waals surface area (Å²) in [5.41, 5.74) is -0.891. The Morgan fingerprint density at radius 2 is 2.38 bits per heavy atom. The van der Waals surface area contributed by atoms with Crippen LogP contribution in [0.25, 0.3) is 0 Å². The van der Waals surface area contributed by atoms with Gasteiger partial charge in [-0.3, -0.25) is 4.57 Å². The number of nitrogens with one attached hydrogen (secondary N) is 1. The Morgan fingerprint density at radius 1 is 1.75 bits per heavy atom. The van der Waals surface area contributed by atoms with Crippen LogP contribution in [0.3, 0.4) is 0 Å². The van der Waals surface area contributed by atoms with E-state index in [-0.39, 0.29) is 12.4 Å². The number of hydrogen-bond acceptors (Lipinski definition) is 5. The third-order valence-electron chi connectivity index (χ3n) is 2.49. The molecule has 0 fully saturated rings. The highest BCUT2D eigenvalue weighted by Crippen LogP contribution is 2.22. The summed E-state index contributed by atoms with van der Waals surface area (Å²) in [4.78, 5) is 13.8. The van der Waals surface area contributed by atoms with Crippen LogP contribution in [0.1, 0.15) is 20.3 Å². The van der Waals surface area contributed by atoms with E-state index in [0.29, 0.717) is 12.2 Å². The van der Waals surface area contributed by atoms with Crippen molar-refractivity contribution in [3.8, 4) is 0 Å². The van der Waals surface area contributed by atoms with Crippen molar-refractivity contribution in [3.05, 3.63) is 16.4 Å². The number of rotatable bonds is 5. The Kier molecular flexibility index (Phi) is 3.48. The molecule has 1 rings (SSSR count). The molecule has 7 heteroatoms. The van der Waals surface area contributed by atoms with Crippen LogP contribution in [0.15, 0.2) is 6.33 Å². The highest BCUT2D eigenvalue weighted by molar-refractivity contribution is 5.52. The topological polar surface area (TPSA) is 93.2 Å². The Labute approximate surface area is 93.3 Å². The first-order valence-corrected chi connectivity index (χ1v) is 4.99. The summed E-state index contributed by atoms with van der Waals surface area (Å²) in [5.74, 6) is 0.0770. The minimum absolute atomic E-state index is 0.227. The summed E-state index contributed by atoms with van der Waals surface area (Å²) in [7, 11) is 1.66. The Morgan fingerprint density at radius 3 is 2.88 bits per heavy atom. The van der Waals surface area contributed by atoms with Gasteiger partial charge in [0.1, 0.15) is 0 Å². The zero-order valence-corrected chi connectivity index (χ0v) is 9.60. The molecular weight excluding hydrogens is 212 g/mol. The van der Waals surface area contributed by atoms with Crippen molar-refractivity contribution in [3.63, 3.8) is 0 Å². The molecular formula is C9H16N4O3. The number of hydrogen-bond donors (Lipinski definition) is 2. The summed E-state index contributed by atoms with van der Waals surface area (Å²) in [6.07, 6.45) is 1.92. The highest BCUT2D eigenvalue weighted by atomic mass is 16.6. The van der Waals surface area contributed by atoms with Gasteiger partial charge >= 0.3 is 5.82 Å². The second-order valence-corrected chi connectivity index (χ2v) is 3.99. The minimum Gasteiger partial charge on any atom is -0.388 e. The van der Waals surface area contributed by atoms with Crippen LogP contribution in [0, 0.1) is 10.1 Å². The first kappa shape index (κ1) is 12.4. The van der Waals surface area contributed by atoms with Gasteiger partial charge in [0.25, 0.3) is 0 Å². The number of aliphatic hydroxyl groups is 1. The van der Waals surface area contributed by atoms with Crippen molar-refractivity contribution in [1.82, 2.24) is 9.55 Å². The van der Waals surface area contributed by atoms with Gasteiger partial charge in [-0.25, -0.2) is 0 Å². The van der Waals surface area contributed by atoms with E-state index in [9.17, 15) is 15.2 Å². The molecule has 0 aliphatic carbocycles. The smallest absolute Gasteiger partial charge is 0.388 e. The molecule has 1 aromatic rings. The van der Waals surface area contributed by atoms with E-state index < -0.39 is 10.5 Å². The maximum absolute atomic E-state index is 10.7. The van der Waals surface area contributed by atoms with Crippen LogP contribution in [0.2, 0.25) is 0 Å². The lowest BCUT2D eigenvalue weighted by atomic mass is 10.0. The minimum atomic E-state index is -0.891. The van der Waals surface area contributed by atoms with Gasteiger partial charge in [-0.05, 0) is 23.3 Å². The van der Waals surface area contributed by atoms with E-state index in [1.807, 2.05) is 6.92 Å². The van der Waals surface area contributed by atoms with Crippen molar-refractivity contribution in [2.75, 3.05) is 11.9 Å². The lowest BCUT2D eigenvalue weighted by Crippen LogP contribution is -2.33. The fourth-order valence-electron chi connectivity index (χ4n) is 1.15. The van der Waals surface area contributed by atoms with Crippen molar-refractivity contribution in [2.45, 2.75) is 25.9 Å². The van der Waals surface area contributed by atoms with Gasteiger partial charge in [0.2, 0.25) is 12.1 Å². The molecule has 0 radical (unpaired) electrons. The van der Waals surface area contributed by atoms with E-state index in [0.717, 1.165) is 0 Å². The van der Waals surface area contributed by atoms with E-state index in [1.165, 1.54) is 10.9 Å². The van der Waals surface area contributed by atoms with Gasteiger partial charge in [0.15, 0.2) is 0 Å².